The molecule has 7 aromatic carbocycles. The van der Waals surface area contributed by atoms with E-state index >= 15 is 0 Å². The number of aryl methyl sites for hydroxylation is 8. The van der Waals surface area contributed by atoms with Crippen molar-refractivity contribution in [2.45, 2.75) is 95.4 Å². The van der Waals surface area contributed by atoms with Gasteiger partial charge in [-0.05, 0) is 69.2 Å². The van der Waals surface area contributed by atoms with Gasteiger partial charge in [-0.15, -0.1) is 50.9 Å². The Kier molecular flexibility index (Phi) is 16.6. The van der Waals surface area contributed by atoms with E-state index in [0.29, 0.717) is 0 Å². The van der Waals surface area contributed by atoms with Gasteiger partial charge in [-0.25, -0.2) is 0 Å². The van der Waals surface area contributed by atoms with Crippen molar-refractivity contribution in [3.05, 3.63) is 154 Å². The number of rotatable bonds is 4. The molecule has 0 aliphatic carbocycles. The van der Waals surface area contributed by atoms with Crippen LogP contribution in [0.1, 0.15) is 84.7 Å². The van der Waals surface area contributed by atoms with Gasteiger partial charge in [0.25, 0.3) is 0 Å². The first-order valence-corrected chi connectivity index (χ1v) is 19.9. The molecule has 0 aliphatic heterocycles. The van der Waals surface area contributed by atoms with Gasteiger partial charge >= 0.3 is 26.2 Å². The number of hydrogen-bond donors (Lipinski definition) is 0. The van der Waals surface area contributed by atoms with Crippen molar-refractivity contribution in [1.82, 2.24) is 0 Å². The second-order valence-electron chi connectivity index (χ2n) is 16.3. The van der Waals surface area contributed by atoms with Crippen LogP contribution in [-0.4, -0.2) is 23.1 Å². The van der Waals surface area contributed by atoms with Crippen LogP contribution < -0.4 is 4.74 Å². The van der Waals surface area contributed by atoms with Gasteiger partial charge in [-0.3, -0.25) is 9.85 Å². The molecule has 3 heteroatoms. The molecule has 7 aromatic rings. The number of ether oxygens (including phenoxy) is 1. The Hall–Kier alpha value is -3.91. The Labute approximate surface area is 361 Å². The molecule has 56 heavy (non-hydrogen) atoms. The fourth-order valence-electron chi connectivity index (χ4n) is 7.87. The maximum Gasteiger partial charge on any atom is 4.00 e. The maximum atomic E-state index is 5.95. The molecule has 0 spiro atoms. The van der Waals surface area contributed by atoms with Gasteiger partial charge in [0.15, 0.2) is 0 Å². The molecule has 0 amide bonds. The predicted molar refractivity (Wildman–Crippen MR) is 246 cm³/mol. The fourth-order valence-corrected chi connectivity index (χ4v) is 7.87. The van der Waals surface area contributed by atoms with Crippen LogP contribution >= 0.6 is 0 Å². The molecule has 286 valence electrons. The van der Waals surface area contributed by atoms with Gasteiger partial charge in [0.05, 0.1) is 7.11 Å². The molecular weight excluding hydrogens is 772 g/mol. The van der Waals surface area contributed by atoms with Gasteiger partial charge in [0.1, 0.15) is 5.75 Å². The number of benzene rings is 5. The van der Waals surface area contributed by atoms with E-state index in [9.17, 15) is 0 Å². The third-order valence-electron chi connectivity index (χ3n) is 9.73. The van der Waals surface area contributed by atoms with Gasteiger partial charge in [0, 0.05) is 0 Å². The van der Waals surface area contributed by atoms with Gasteiger partial charge in [0.2, 0.25) is 0 Å². The Bertz CT molecular complexity index is 2260. The van der Waals surface area contributed by atoms with Crippen LogP contribution in [0.3, 0.4) is 0 Å². The topological polar surface area (TPSA) is 9.23 Å². The summed E-state index contributed by atoms with van der Waals surface area (Å²) in [6.45, 7) is 28.1. The van der Waals surface area contributed by atoms with Crippen molar-refractivity contribution in [1.29, 1.82) is 0 Å². The number of fused-ring (bicyclic) bond motifs is 2. The zero-order valence-electron chi connectivity index (χ0n) is 36.3. The SMILES string of the molecule is COc1c(C(C)(C)C)cc2[cH-]c(C)cc2c1-c1cc(C)cc(C)c1.C[CH-]C.Cc1cc(C)cc(-c2ccc(-c3cc(C)cc(C)c3)c3[cH-]c(C)cc23)c1.[CH-]=[Si].[Zr+4]. The van der Waals surface area contributed by atoms with Crippen LogP contribution in [0.2, 0.25) is 0 Å². The van der Waals surface area contributed by atoms with Gasteiger partial charge in [-0.1, -0.05) is 151 Å². The van der Waals surface area contributed by atoms with Crippen LogP contribution in [0.25, 0.3) is 54.9 Å². The standard InChI is InChI=1S/C26H25.C23H27O.C3H7.CHSi.Zr/c1-16-8-17(2)11-21(10-16)23-6-7-24(26-15-20(5)14-25(23)26)22-12-18(3)9-19(4)13-22;1-14-8-15(2)11-18(10-14)21-19-12-16(3)9-17(19)13-20(22(21)24-7)23(4,5)6;1-3-2;1-2;/h6-15H,1-5H3;8-13H,1-7H3;3H,1-2H3;1H;/q4*-1;+4. The normalized spacial score (nSPS) is 10.8. The Morgan fingerprint density at radius 1 is 0.554 bits per heavy atom. The van der Waals surface area contributed by atoms with Gasteiger partial charge in [-0.2, -0.15) is 26.0 Å². The molecule has 0 unspecified atom stereocenters. The summed E-state index contributed by atoms with van der Waals surface area (Å²) in [5, 5.41) is 5.28. The molecule has 1 nitrogen and oxygen atoms in total. The van der Waals surface area contributed by atoms with Crippen LogP contribution in [0.4, 0.5) is 0 Å². The van der Waals surface area contributed by atoms with E-state index < -0.39 is 0 Å². The summed E-state index contributed by atoms with van der Waals surface area (Å²) < 4.78 is 5.95. The minimum atomic E-state index is 0. The molecular formula is C53H60OSiZr. The molecule has 0 bridgehead atoms. The third kappa shape index (κ3) is 10.9. The quantitative estimate of drug-likeness (QED) is 0.127. The van der Waals surface area contributed by atoms with E-state index in [1.807, 2.05) is 20.3 Å². The smallest absolute Gasteiger partial charge is 0.530 e. The van der Waals surface area contributed by atoms with Crippen molar-refractivity contribution in [2.24, 2.45) is 0 Å². The second kappa shape index (κ2) is 20.0. The molecule has 0 heterocycles. The summed E-state index contributed by atoms with van der Waals surface area (Å²) in [5.74, 6) is 1.01. The van der Waals surface area contributed by atoms with Gasteiger partial charge < -0.3 is 17.3 Å². The molecule has 0 saturated carbocycles. The summed E-state index contributed by atoms with van der Waals surface area (Å²) in [6, 6.07) is 36.5. The summed E-state index contributed by atoms with van der Waals surface area (Å²) in [7, 11) is 4.26. The first kappa shape index (κ1) is 46.5. The second-order valence-corrected chi connectivity index (χ2v) is 16.3. The molecule has 0 aliphatic rings. The molecule has 0 fully saturated rings. The molecule has 0 N–H and O–H groups in total. The van der Waals surface area contributed by atoms with Crippen molar-refractivity contribution in [3.8, 4) is 39.1 Å². The summed E-state index contributed by atoms with van der Waals surface area (Å²) in [5.41, 5.74) is 19.5. The van der Waals surface area contributed by atoms with E-state index in [1.54, 1.807) is 7.11 Å². The van der Waals surface area contributed by atoms with Crippen molar-refractivity contribution in [3.63, 3.8) is 0 Å². The first-order valence-electron chi connectivity index (χ1n) is 19.3. The zero-order valence-corrected chi connectivity index (χ0v) is 39.8. The zero-order chi connectivity index (χ0) is 40.8. The minimum absolute atomic E-state index is 0. The van der Waals surface area contributed by atoms with E-state index in [1.165, 1.54) is 105 Å². The Morgan fingerprint density at radius 2 is 0.946 bits per heavy atom. The van der Waals surface area contributed by atoms with Crippen LogP contribution in [-0.2, 0) is 31.6 Å². The number of methoxy groups -OCH3 is 1. The average molecular weight is 832 g/mol. The van der Waals surface area contributed by atoms with E-state index in [4.69, 9.17) is 4.74 Å². The largest absolute Gasteiger partial charge is 4.00 e. The van der Waals surface area contributed by atoms with Crippen LogP contribution in [0.15, 0.2) is 97.1 Å². The Morgan fingerprint density at radius 3 is 1.39 bits per heavy atom. The molecule has 7 rings (SSSR count). The molecule has 0 saturated heterocycles. The molecule has 2 radical (unpaired) electrons. The average Bonchev–Trinajstić information content (AvgIpc) is 3.67. The molecule has 0 atom stereocenters. The van der Waals surface area contributed by atoms with Crippen molar-refractivity contribution >= 4 is 37.6 Å². The minimum Gasteiger partial charge on any atom is -0.530 e. The third-order valence-corrected chi connectivity index (χ3v) is 9.73. The first-order chi connectivity index (χ1) is 26.0. The maximum absolute atomic E-state index is 5.95. The summed E-state index contributed by atoms with van der Waals surface area (Å²) >= 11 is 0. The van der Waals surface area contributed by atoms with E-state index in [-0.39, 0.29) is 31.6 Å². The van der Waals surface area contributed by atoms with Crippen molar-refractivity contribution < 1.29 is 30.9 Å². The predicted octanol–water partition coefficient (Wildman–Crippen LogP) is 14.6. The monoisotopic (exact) mass is 830 g/mol. The van der Waals surface area contributed by atoms with E-state index in [2.05, 4.69) is 189 Å². The van der Waals surface area contributed by atoms with Crippen molar-refractivity contribution in [2.75, 3.05) is 7.11 Å². The van der Waals surface area contributed by atoms with E-state index in [0.717, 1.165) is 5.75 Å². The Balaban J connectivity index is 0.000000266. The number of hydrogen-bond acceptors (Lipinski definition) is 1. The fraction of sp³-hybridized carbons (Fsp3) is 0.283. The molecule has 0 aromatic heterocycles. The summed E-state index contributed by atoms with van der Waals surface area (Å²) in [6.07, 6.45) is 6.31. The summed E-state index contributed by atoms with van der Waals surface area (Å²) in [4.78, 5) is 0. The van der Waals surface area contributed by atoms with Crippen LogP contribution in [0, 0.1) is 61.8 Å². The van der Waals surface area contributed by atoms with Crippen LogP contribution in [0.5, 0.6) is 5.75 Å².